The Hall–Kier alpha value is -4.69. The zero-order chi connectivity index (χ0) is 28.0. The van der Waals surface area contributed by atoms with Crippen LogP contribution in [0, 0.1) is 11.3 Å². The molecule has 0 bridgehead atoms. The van der Waals surface area contributed by atoms with Crippen LogP contribution in [0.25, 0.3) is 5.69 Å². The summed E-state index contributed by atoms with van der Waals surface area (Å²) in [7, 11) is 5.15. The van der Waals surface area contributed by atoms with Gasteiger partial charge in [0.15, 0.2) is 5.69 Å². The first-order valence-electron chi connectivity index (χ1n) is 12.1. The van der Waals surface area contributed by atoms with Crippen LogP contribution in [0.5, 0.6) is 5.88 Å². The molecule has 1 aliphatic rings. The lowest BCUT2D eigenvalue weighted by molar-refractivity contribution is 0.0988. The number of nitrogens with zero attached hydrogens (tertiary/aromatic N) is 7. The number of benzene rings is 1. The number of H-pyrrole nitrogens is 1. The number of rotatable bonds is 6. The molecule has 0 saturated heterocycles. The Bertz CT molecular complexity index is 1680. The molecule has 5 rings (SSSR count). The average Bonchev–Trinajstić information content (AvgIpc) is 3.44. The molecule has 0 radical (unpaired) electrons. The Balaban J connectivity index is 1.79. The van der Waals surface area contributed by atoms with Gasteiger partial charge in [0.25, 0.3) is 11.5 Å². The van der Waals surface area contributed by atoms with Gasteiger partial charge in [-0.3, -0.25) is 14.5 Å². The Morgan fingerprint density at radius 1 is 1.18 bits per heavy atom. The fourth-order valence-corrected chi connectivity index (χ4v) is 4.92. The highest BCUT2D eigenvalue weighted by molar-refractivity contribution is 6.30. The van der Waals surface area contributed by atoms with Crippen molar-refractivity contribution in [2.75, 3.05) is 31.0 Å². The molecule has 39 heavy (non-hydrogen) atoms. The third-order valence-electron chi connectivity index (χ3n) is 6.47. The lowest BCUT2D eigenvalue weighted by Crippen LogP contribution is -2.34. The van der Waals surface area contributed by atoms with E-state index >= 15 is 0 Å². The summed E-state index contributed by atoms with van der Waals surface area (Å²) in [5.41, 5.74) is 2.82. The number of aromatic nitrogens is 5. The van der Waals surface area contributed by atoms with Crippen LogP contribution in [-0.2, 0) is 0 Å². The second-order valence-electron chi connectivity index (χ2n) is 9.52. The number of halogens is 1. The van der Waals surface area contributed by atoms with Gasteiger partial charge < -0.3 is 14.6 Å². The minimum absolute atomic E-state index is 0.0948. The standard InChI is InChI=1S/C27H25ClN8O3/c1-14(2)22-20-21(33-36(22)19-13-31-27(34(3)4)32-25(19)39-5)26(38)35(18-10-17(28)12-30-24(18)37)23(20)16-8-6-15(11-29)7-9-16/h6-10,12-14,23H,1-5H3,(H,30,37)/t23-/m1/s1. The number of nitrogens with one attached hydrogen (secondary N) is 1. The Labute approximate surface area is 229 Å². The van der Waals surface area contributed by atoms with Crippen LogP contribution in [0.2, 0.25) is 5.02 Å². The smallest absolute Gasteiger partial charge is 0.280 e. The molecule has 1 atom stereocenters. The van der Waals surface area contributed by atoms with Gasteiger partial charge in [-0.05, 0) is 29.7 Å². The van der Waals surface area contributed by atoms with Crippen molar-refractivity contribution in [1.82, 2.24) is 24.7 Å². The number of pyridine rings is 1. The van der Waals surface area contributed by atoms with Crippen LogP contribution >= 0.6 is 11.6 Å². The van der Waals surface area contributed by atoms with Crippen LogP contribution in [-0.4, -0.2) is 51.8 Å². The highest BCUT2D eigenvalue weighted by Crippen LogP contribution is 2.45. The summed E-state index contributed by atoms with van der Waals surface area (Å²) >= 11 is 6.22. The second kappa shape index (κ2) is 9.89. The summed E-state index contributed by atoms with van der Waals surface area (Å²) in [6, 6.07) is 9.76. The van der Waals surface area contributed by atoms with Crippen LogP contribution < -0.4 is 20.1 Å². The number of amides is 1. The minimum Gasteiger partial charge on any atom is -0.479 e. The molecular formula is C27H25ClN8O3. The summed E-state index contributed by atoms with van der Waals surface area (Å²) in [6.45, 7) is 3.98. The second-order valence-corrected chi connectivity index (χ2v) is 9.95. The van der Waals surface area contributed by atoms with E-state index in [1.807, 2.05) is 27.9 Å². The average molecular weight is 545 g/mol. The lowest BCUT2D eigenvalue weighted by Gasteiger charge is -2.27. The van der Waals surface area contributed by atoms with Crippen LogP contribution in [0.4, 0.5) is 11.6 Å². The third-order valence-corrected chi connectivity index (χ3v) is 6.69. The molecular weight excluding hydrogens is 520 g/mol. The number of carbonyl (C=O) groups is 1. The Kier molecular flexibility index (Phi) is 6.57. The van der Waals surface area contributed by atoms with Crippen LogP contribution in [0.1, 0.15) is 58.7 Å². The van der Waals surface area contributed by atoms with Crippen molar-refractivity contribution in [3.63, 3.8) is 0 Å². The zero-order valence-corrected chi connectivity index (χ0v) is 22.7. The fourth-order valence-electron chi connectivity index (χ4n) is 4.76. The first-order chi connectivity index (χ1) is 18.7. The predicted molar refractivity (Wildman–Crippen MR) is 146 cm³/mol. The highest BCUT2D eigenvalue weighted by atomic mass is 35.5. The molecule has 0 aliphatic carbocycles. The van der Waals surface area contributed by atoms with Crippen molar-refractivity contribution in [1.29, 1.82) is 5.26 Å². The van der Waals surface area contributed by atoms with Gasteiger partial charge in [0, 0.05) is 25.9 Å². The molecule has 3 aromatic heterocycles. The molecule has 0 saturated carbocycles. The topological polar surface area (TPSA) is 133 Å². The number of fused-ring (bicyclic) bond motifs is 1. The quantitative estimate of drug-likeness (QED) is 0.387. The first kappa shape index (κ1) is 25.9. The molecule has 198 valence electrons. The summed E-state index contributed by atoms with van der Waals surface area (Å²) in [5, 5.41) is 14.3. The molecule has 1 aromatic carbocycles. The number of hydrogen-bond donors (Lipinski definition) is 1. The highest BCUT2D eigenvalue weighted by Gasteiger charge is 2.46. The summed E-state index contributed by atoms with van der Waals surface area (Å²) in [5.74, 6) is 0.185. The van der Waals surface area contributed by atoms with Crippen molar-refractivity contribution >= 4 is 29.1 Å². The lowest BCUT2D eigenvalue weighted by atomic mass is 9.94. The van der Waals surface area contributed by atoms with E-state index in [1.54, 1.807) is 40.0 Å². The van der Waals surface area contributed by atoms with Gasteiger partial charge in [0.05, 0.1) is 41.7 Å². The van der Waals surface area contributed by atoms with Crippen molar-refractivity contribution < 1.29 is 9.53 Å². The van der Waals surface area contributed by atoms with Gasteiger partial charge >= 0.3 is 0 Å². The molecule has 4 heterocycles. The maximum Gasteiger partial charge on any atom is 0.280 e. The van der Waals surface area contributed by atoms with Gasteiger partial charge in [0.2, 0.25) is 11.8 Å². The molecule has 0 unspecified atom stereocenters. The van der Waals surface area contributed by atoms with E-state index < -0.39 is 17.5 Å². The maximum absolute atomic E-state index is 14.0. The van der Waals surface area contributed by atoms with E-state index in [9.17, 15) is 14.9 Å². The first-order valence-corrected chi connectivity index (χ1v) is 12.5. The molecule has 4 aromatic rings. The van der Waals surface area contributed by atoms with Gasteiger partial charge in [0.1, 0.15) is 11.4 Å². The van der Waals surface area contributed by atoms with Gasteiger partial charge in [-0.25, -0.2) is 9.67 Å². The van der Waals surface area contributed by atoms with E-state index in [0.29, 0.717) is 34.2 Å². The summed E-state index contributed by atoms with van der Waals surface area (Å²) < 4.78 is 7.23. The number of anilines is 2. The molecule has 0 fully saturated rings. The predicted octanol–water partition coefficient (Wildman–Crippen LogP) is 3.82. The summed E-state index contributed by atoms with van der Waals surface area (Å²) in [4.78, 5) is 41.6. The Morgan fingerprint density at radius 2 is 1.90 bits per heavy atom. The number of carbonyl (C=O) groups excluding carboxylic acids is 1. The van der Waals surface area contributed by atoms with Crippen molar-refractivity contribution in [3.8, 4) is 17.6 Å². The fraction of sp³-hybridized carbons (Fsp3) is 0.259. The molecule has 1 N–H and O–H groups in total. The number of nitriles is 1. The van der Waals surface area contributed by atoms with Gasteiger partial charge in [-0.1, -0.05) is 37.6 Å². The summed E-state index contributed by atoms with van der Waals surface area (Å²) in [6.07, 6.45) is 2.98. The molecule has 12 heteroatoms. The number of methoxy groups -OCH3 is 1. The normalized spacial score (nSPS) is 14.5. The number of hydrogen-bond acceptors (Lipinski definition) is 8. The maximum atomic E-state index is 14.0. The monoisotopic (exact) mass is 544 g/mol. The molecule has 0 spiro atoms. The van der Waals surface area contributed by atoms with Crippen molar-refractivity contribution in [2.45, 2.75) is 25.8 Å². The van der Waals surface area contributed by atoms with Crippen molar-refractivity contribution in [3.05, 3.63) is 86.2 Å². The minimum atomic E-state index is -0.709. The molecule has 1 amide bonds. The van der Waals surface area contributed by atoms with E-state index in [4.69, 9.17) is 21.4 Å². The molecule has 1 aliphatic heterocycles. The van der Waals surface area contributed by atoms with Gasteiger partial charge in [-0.2, -0.15) is 15.3 Å². The number of ether oxygens (including phenoxy) is 1. The Morgan fingerprint density at radius 3 is 2.51 bits per heavy atom. The van der Waals surface area contributed by atoms with Crippen LogP contribution in [0.3, 0.4) is 0 Å². The van der Waals surface area contributed by atoms with E-state index in [-0.39, 0.29) is 22.3 Å². The van der Waals surface area contributed by atoms with Crippen molar-refractivity contribution in [2.24, 2.45) is 0 Å². The van der Waals surface area contributed by atoms with E-state index in [0.717, 1.165) is 5.69 Å². The van der Waals surface area contributed by atoms with E-state index in [2.05, 4.69) is 21.0 Å². The SMILES string of the molecule is COc1nc(N(C)C)ncc1-n1nc2c(c1C(C)C)[C@@H](c1ccc(C#N)cc1)N(c1cc(Cl)c[nH]c1=O)C2=O. The zero-order valence-electron chi connectivity index (χ0n) is 21.9. The van der Waals surface area contributed by atoms with E-state index in [1.165, 1.54) is 24.3 Å². The van der Waals surface area contributed by atoms with Crippen LogP contribution in [0.15, 0.2) is 47.5 Å². The third kappa shape index (κ3) is 4.28. The number of aromatic amines is 1. The molecule has 11 nitrogen and oxygen atoms in total. The largest absolute Gasteiger partial charge is 0.479 e. The van der Waals surface area contributed by atoms with Gasteiger partial charge in [-0.15, -0.1) is 0 Å².